The minimum absolute atomic E-state index is 0.0116. The first-order valence-electron chi connectivity index (χ1n) is 11.1. The maximum absolute atomic E-state index is 12.8. The van der Waals surface area contributed by atoms with E-state index < -0.39 is 0 Å². The van der Waals surface area contributed by atoms with Crippen molar-refractivity contribution < 1.29 is 9.26 Å². The van der Waals surface area contributed by atoms with E-state index in [1.807, 2.05) is 47.0 Å². The monoisotopic (exact) mass is 430 g/mol. The van der Waals surface area contributed by atoms with Crippen molar-refractivity contribution in [1.29, 1.82) is 0 Å². The van der Waals surface area contributed by atoms with Gasteiger partial charge in [0.15, 0.2) is 0 Å². The molecule has 2 heterocycles. The van der Waals surface area contributed by atoms with Crippen LogP contribution in [0.25, 0.3) is 22.4 Å². The Bertz CT molecular complexity index is 1300. The molecule has 4 aromatic rings. The van der Waals surface area contributed by atoms with Crippen LogP contribution in [0.2, 0.25) is 0 Å². The number of rotatable bonds is 6. The third-order valence-corrected chi connectivity index (χ3v) is 6.25. The van der Waals surface area contributed by atoms with Gasteiger partial charge in [0.2, 0.25) is 11.7 Å². The summed E-state index contributed by atoms with van der Waals surface area (Å²) in [5.74, 6) is 1.97. The number of ether oxygens (including phenoxy) is 1. The molecule has 2 aromatic carbocycles. The number of fused-ring (bicyclic) bond motifs is 1. The van der Waals surface area contributed by atoms with E-state index in [-0.39, 0.29) is 11.6 Å². The fraction of sp³-hybridized carbons (Fsp3) is 0.360. The molecule has 0 radical (unpaired) electrons. The van der Waals surface area contributed by atoms with Gasteiger partial charge in [0.1, 0.15) is 11.4 Å². The number of aryl methyl sites for hydroxylation is 3. The van der Waals surface area contributed by atoms with Gasteiger partial charge in [0.05, 0.1) is 18.1 Å². The van der Waals surface area contributed by atoms with Gasteiger partial charge in [-0.2, -0.15) is 4.98 Å². The van der Waals surface area contributed by atoms with Crippen molar-refractivity contribution in [3.05, 3.63) is 70.0 Å². The quantitative estimate of drug-likeness (QED) is 0.442. The lowest BCUT2D eigenvalue weighted by molar-refractivity contribution is 0.379. The van der Waals surface area contributed by atoms with Gasteiger partial charge in [0.25, 0.3) is 5.56 Å². The molecule has 0 bridgehead atoms. The summed E-state index contributed by atoms with van der Waals surface area (Å²) in [5.41, 5.74) is 4.21. The second-order valence-corrected chi connectivity index (χ2v) is 8.37. The topological polar surface area (TPSA) is 83.0 Å². The molecule has 7 nitrogen and oxygen atoms in total. The summed E-state index contributed by atoms with van der Waals surface area (Å²) in [6.07, 6.45) is 5.88. The van der Waals surface area contributed by atoms with Crippen molar-refractivity contribution in [1.82, 2.24) is 19.7 Å². The van der Waals surface area contributed by atoms with E-state index >= 15 is 0 Å². The Morgan fingerprint density at radius 2 is 1.84 bits per heavy atom. The van der Waals surface area contributed by atoms with Crippen molar-refractivity contribution >= 4 is 11.0 Å². The largest absolute Gasteiger partial charge is 0.497 e. The standard InChI is InChI=1S/C25H26N4O3/c1-16-25(30)29(19-5-3-4-6-19)22-13-10-18(15-21(22)26-16)24-27-23(32-28-24)14-9-17-7-11-20(31-2)12-8-17/h7-8,10-13,15,19H,3-6,9,14H2,1-2H3. The van der Waals surface area contributed by atoms with Crippen LogP contribution in [0.15, 0.2) is 51.8 Å². The van der Waals surface area contributed by atoms with Crippen molar-refractivity contribution in [3.63, 3.8) is 0 Å². The first-order chi connectivity index (χ1) is 15.6. The third-order valence-electron chi connectivity index (χ3n) is 6.25. The fourth-order valence-corrected chi connectivity index (χ4v) is 4.51. The molecule has 164 valence electrons. The van der Waals surface area contributed by atoms with Gasteiger partial charge < -0.3 is 13.8 Å². The zero-order valence-electron chi connectivity index (χ0n) is 18.4. The molecule has 1 fully saturated rings. The van der Waals surface area contributed by atoms with E-state index in [0.29, 0.717) is 23.8 Å². The highest BCUT2D eigenvalue weighted by Gasteiger charge is 2.22. The Balaban J connectivity index is 1.39. The van der Waals surface area contributed by atoms with E-state index in [1.165, 1.54) is 18.4 Å². The maximum atomic E-state index is 12.8. The highest BCUT2D eigenvalue weighted by atomic mass is 16.5. The summed E-state index contributed by atoms with van der Waals surface area (Å²) in [5, 5.41) is 4.17. The Kier molecular flexibility index (Phi) is 5.47. The highest BCUT2D eigenvalue weighted by Crippen LogP contribution is 2.31. The van der Waals surface area contributed by atoms with Crippen LogP contribution < -0.4 is 10.3 Å². The van der Waals surface area contributed by atoms with Crippen LogP contribution in [0.4, 0.5) is 0 Å². The Labute approximate surface area is 186 Å². The van der Waals surface area contributed by atoms with Crippen molar-refractivity contribution in [2.75, 3.05) is 7.11 Å². The predicted molar refractivity (Wildman–Crippen MR) is 122 cm³/mol. The summed E-state index contributed by atoms with van der Waals surface area (Å²) < 4.78 is 12.6. The van der Waals surface area contributed by atoms with Crippen LogP contribution in [0.5, 0.6) is 5.75 Å². The molecule has 0 aliphatic heterocycles. The van der Waals surface area contributed by atoms with E-state index in [9.17, 15) is 4.79 Å². The number of hydrogen-bond acceptors (Lipinski definition) is 6. The van der Waals surface area contributed by atoms with Crippen LogP contribution in [0, 0.1) is 6.92 Å². The summed E-state index contributed by atoms with van der Waals surface area (Å²) in [6, 6.07) is 14.1. The van der Waals surface area contributed by atoms with Crippen LogP contribution in [-0.4, -0.2) is 26.8 Å². The molecule has 7 heteroatoms. The highest BCUT2D eigenvalue weighted by molar-refractivity contribution is 5.80. The SMILES string of the molecule is COc1ccc(CCc2nc(-c3ccc4c(c3)nc(C)c(=O)n4C3CCCC3)no2)cc1. The molecule has 0 amide bonds. The van der Waals surface area contributed by atoms with Crippen LogP contribution in [0.3, 0.4) is 0 Å². The summed E-state index contributed by atoms with van der Waals surface area (Å²) in [6.45, 7) is 1.78. The molecule has 1 saturated carbocycles. The minimum Gasteiger partial charge on any atom is -0.497 e. The van der Waals surface area contributed by atoms with Gasteiger partial charge in [0, 0.05) is 18.0 Å². The number of nitrogens with zero attached hydrogens (tertiary/aromatic N) is 4. The lowest BCUT2D eigenvalue weighted by Gasteiger charge is -2.17. The lowest BCUT2D eigenvalue weighted by atomic mass is 10.1. The van der Waals surface area contributed by atoms with E-state index in [1.54, 1.807) is 14.0 Å². The lowest BCUT2D eigenvalue weighted by Crippen LogP contribution is -2.26. The molecular weight excluding hydrogens is 404 g/mol. The predicted octanol–water partition coefficient (Wildman–Crippen LogP) is 4.66. The van der Waals surface area contributed by atoms with Gasteiger partial charge in [-0.3, -0.25) is 4.79 Å². The number of aromatic nitrogens is 4. The average Bonchev–Trinajstić information content (AvgIpc) is 3.51. The first-order valence-corrected chi connectivity index (χ1v) is 11.1. The molecule has 32 heavy (non-hydrogen) atoms. The van der Waals surface area contributed by atoms with E-state index in [0.717, 1.165) is 41.6 Å². The normalized spacial score (nSPS) is 14.3. The van der Waals surface area contributed by atoms with Crippen LogP contribution in [0.1, 0.15) is 48.9 Å². The van der Waals surface area contributed by atoms with Crippen LogP contribution >= 0.6 is 0 Å². The summed E-state index contributed by atoms with van der Waals surface area (Å²) >= 11 is 0. The van der Waals surface area contributed by atoms with Gasteiger partial charge in [-0.1, -0.05) is 30.1 Å². The molecule has 0 spiro atoms. The van der Waals surface area contributed by atoms with Gasteiger partial charge in [-0.25, -0.2) is 4.98 Å². The second kappa shape index (κ2) is 8.57. The van der Waals surface area contributed by atoms with E-state index in [2.05, 4.69) is 15.1 Å². The molecule has 2 aromatic heterocycles. The molecule has 0 N–H and O–H groups in total. The second-order valence-electron chi connectivity index (χ2n) is 8.37. The minimum atomic E-state index is 0.0116. The molecular formula is C25H26N4O3. The van der Waals surface area contributed by atoms with Gasteiger partial charge in [-0.05, 0) is 62.1 Å². The molecule has 5 rings (SSSR count). The Morgan fingerprint density at radius 1 is 1.06 bits per heavy atom. The molecule has 0 unspecified atom stereocenters. The van der Waals surface area contributed by atoms with Gasteiger partial charge in [-0.15, -0.1) is 0 Å². The Morgan fingerprint density at radius 3 is 2.59 bits per heavy atom. The summed E-state index contributed by atoms with van der Waals surface area (Å²) in [7, 11) is 1.66. The zero-order valence-corrected chi connectivity index (χ0v) is 18.4. The molecule has 0 saturated heterocycles. The molecule has 1 aliphatic carbocycles. The fourth-order valence-electron chi connectivity index (χ4n) is 4.51. The summed E-state index contributed by atoms with van der Waals surface area (Å²) in [4.78, 5) is 21.9. The van der Waals surface area contributed by atoms with E-state index in [4.69, 9.17) is 9.26 Å². The first kappa shape index (κ1) is 20.4. The number of benzene rings is 2. The van der Waals surface area contributed by atoms with Crippen LogP contribution in [-0.2, 0) is 12.8 Å². The van der Waals surface area contributed by atoms with Gasteiger partial charge >= 0.3 is 0 Å². The van der Waals surface area contributed by atoms with Crippen molar-refractivity contribution in [2.24, 2.45) is 0 Å². The number of methoxy groups -OCH3 is 1. The molecule has 0 atom stereocenters. The molecule has 1 aliphatic rings. The smallest absolute Gasteiger partial charge is 0.272 e. The zero-order chi connectivity index (χ0) is 22.1. The Hall–Kier alpha value is -3.48. The number of hydrogen-bond donors (Lipinski definition) is 0. The van der Waals surface area contributed by atoms with Crippen molar-refractivity contribution in [3.8, 4) is 17.1 Å². The van der Waals surface area contributed by atoms with Crippen molar-refractivity contribution in [2.45, 2.75) is 51.5 Å². The maximum Gasteiger partial charge on any atom is 0.272 e. The third kappa shape index (κ3) is 3.90. The average molecular weight is 431 g/mol.